The van der Waals surface area contributed by atoms with Crippen molar-refractivity contribution < 1.29 is 14.3 Å². The zero-order valence-electron chi connectivity index (χ0n) is 10.8. The number of nitrogens with zero attached hydrogens (tertiary/aromatic N) is 1. The average Bonchev–Trinajstić information content (AvgIpc) is 2.96. The van der Waals surface area contributed by atoms with Gasteiger partial charge in [-0.05, 0) is 49.9 Å². The number of hydrogen-bond acceptors (Lipinski definition) is 4. The van der Waals surface area contributed by atoms with Crippen molar-refractivity contribution in [2.45, 2.75) is 31.8 Å². The summed E-state index contributed by atoms with van der Waals surface area (Å²) in [4.78, 5) is 11.7. The fourth-order valence-corrected chi connectivity index (χ4v) is 2.11. The third-order valence-corrected chi connectivity index (χ3v) is 3.18. The summed E-state index contributed by atoms with van der Waals surface area (Å²) in [6.45, 7) is 1.27. The van der Waals surface area contributed by atoms with E-state index in [4.69, 9.17) is 14.7 Å². The van der Waals surface area contributed by atoms with Crippen LogP contribution in [-0.4, -0.2) is 25.3 Å². The Kier molecular flexibility index (Phi) is 4.93. The number of rotatable bonds is 5. The summed E-state index contributed by atoms with van der Waals surface area (Å²) in [6.07, 6.45) is 4.36. The van der Waals surface area contributed by atoms with Crippen LogP contribution in [0.2, 0.25) is 0 Å². The monoisotopic (exact) mass is 259 g/mol. The Bertz CT molecular complexity index is 455. The van der Waals surface area contributed by atoms with E-state index in [2.05, 4.69) is 0 Å². The number of benzene rings is 1. The van der Waals surface area contributed by atoms with Gasteiger partial charge in [0, 0.05) is 6.61 Å². The highest BCUT2D eigenvalue weighted by Crippen LogP contribution is 2.16. The topological polar surface area (TPSA) is 59.3 Å². The van der Waals surface area contributed by atoms with Gasteiger partial charge >= 0.3 is 5.97 Å². The quantitative estimate of drug-likeness (QED) is 0.602. The van der Waals surface area contributed by atoms with Crippen LogP contribution in [0.25, 0.3) is 0 Å². The number of esters is 1. The van der Waals surface area contributed by atoms with Crippen LogP contribution in [0, 0.1) is 11.3 Å². The van der Waals surface area contributed by atoms with Gasteiger partial charge < -0.3 is 9.47 Å². The minimum atomic E-state index is -0.336. The molecule has 1 saturated heterocycles. The normalized spacial score (nSPS) is 17.9. The third-order valence-electron chi connectivity index (χ3n) is 3.18. The summed E-state index contributed by atoms with van der Waals surface area (Å²) in [7, 11) is 0. The van der Waals surface area contributed by atoms with Crippen molar-refractivity contribution in [1.29, 1.82) is 5.26 Å². The Balaban J connectivity index is 1.69. The Labute approximate surface area is 112 Å². The summed E-state index contributed by atoms with van der Waals surface area (Å²) < 4.78 is 10.7. The summed E-state index contributed by atoms with van der Waals surface area (Å²) >= 11 is 0. The van der Waals surface area contributed by atoms with Gasteiger partial charge in [-0.1, -0.05) is 0 Å². The highest BCUT2D eigenvalue weighted by molar-refractivity contribution is 5.89. The van der Waals surface area contributed by atoms with E-state index >= 15 is 0 Å². The fourth-order valence-electron chi connectivity index (χ4n) is 2.11. The van der Waals surface area contributed by atoms with Crippen molar-refractivity contribution in [2.24, 2.45) is 0 Å². The predicted molar refractivity (Wildman–Crippen MR) is 69.6 cm³/mol. The van der Waals surface area contributed by atoms with E-state index in [1.54, 1.807) is 24.3 Å². The van der Waals surface area contributed by atoms with Crippen LogP contribution in [0.3, 0.4) is 0 Å². The second-order valence-corrected chi connectivity index (χ2v) is 4.60. The molecule has 0 unspecified atom stereocenters. The van der Waals surface area contributed by atoms with E-state index in [9.17, 15) is 4.79 Å². The molecule has 0 bridgehead atoms. The Morgan fingerprint density at radius 3 is 2.84 bits per heavy atom. The summed E-state index contributed by atoms with van der Waals surface area (Å²) in [5.74, 6) is -0.336. The highest BCUT2D eigenvalue weighted by Gasteiger charge is 2.15. The maximum Gasteiger partial charge on any atom is 0.338 e. The van der Waals surface area contributed by atoms with Crippen LogP contribution >= 0.6 is 0 Å². The summed E-state index contributed by atoms with van der Waals surface area (Å²) in [5.41, 5.74) is 1.02. The largest absolute Gasteiger partial charge is 0.462 e. The third kappa shape index (κ3) is 4.08. The van der Waals surface area contributed by atoms with Crippen molar-refractivity contribution >= 4 is 5.97 Å². The van der Waals surface area contributed by atoms with Crippen LogP contribution in [-0.2, 0) is 9.47 Å². The summed E-state index contributed by atoms with van der Waals surface area (Å²) in [6, 6.07) is 8.46. The zero-order chi connectivity index (χ0) is 13.5. The molecule has 4 heteroatoms. The Morgan fingerprint density at radius 1 is 1.42 bits per heavy atom. The maximum absolute atomic E-state index is 11.7. The molecule has 2 rings (SSSR count). The van der Waals surface area contributed by atoms with Gasteiger partial charge in [0.2, 0.25) is 0 Å². The fraction of sp³-hybridized carbons (Fsp3) is 0.467. The Hall–Kier alpha value is -1.86. The molecule has 0 spiro atoms. The van der Waals surface area contributed by atoms with Gasteiger partial charge in [0.1, 0.15) is 0 Å². The number of carbonyl (C=O) groups is 1. The van der Waals surface area contributed by atoms with E-state index in [1.807, 2.05) is 6.07 Å². The molecule has 1 aromatic carbocycles. The zero-order valence-corrected chi connectivity index (χ0v) is 10.8. The summed E-state index contributed by atoms with van der Waals surface area (Å²) in [5, 5.41) is 8.67. The van der Waals surface area contributed by atoms with Crippen molar-refractivity contribution in [3.8, 4) is 6.07 Å². The molecule has 19 heavy (non-hydrogen) atoms. The lowest BCUT2D eigenvalue weighted by atomic mass is 10.1. The van der Waals surface area contributed by atoms with Crippen molar-refractivity contribution in [2.75, 3.05) is 13.2 Å². The van der Waals surface area contributed by atoms with E-state index in [0.29, 0.717) is 23.8 Å². The standard InChI is InChI=1S/C15H17NO3/c16-11-12-5-7-13(8-6-12)15(17)19-10-2-4-14-3-1-9-18-14/h5-8,14H,1-4,9-10H2/t14-/m0/s1. The van der Waals surface area contributed by atoms with Crippen LogP contribution in [0.5, 0.6) is 0 Å². The molecule has 0 saturated carbocycles. The molecule has 0 aromatic heterocycles. The lowest BCUT2D eigenvalue weighted by Crippen LogP contribution is -2.10. The lowest BCUT2D eigenvalue weighted by molar-refractivity contribution is 0.0461. The molecule has 0 N–H and O–H groups in total. The van der Waals surface area contributed by atoms with Crippen LogP contribution in [0.1, 0.15) is 41.6 Å². The first-order valence-corrected chi connectivity index (χ1v) is 6.58. The molecule has 100 valence electrons. The van der Waals surface area contributed by atoms with Gasteiger partial charge in [-0.25, -0.2) is 4.79 Å². The van der Waals surface area contributed by atoms with Crippen molar-refractivity contribution in [3.63, 3.8) is 0 Å². The number of hydrogen-bond donors (Lipinski definition) is 0. The molecule has 1 aliphatic heterocycles. The first-order valence-electron chi connectivity index (χ1n) is 6.58. The molecule has 0 aliphatic carbocycles. The molecule has 0 radical (unpaired) electrons. The van der Waals surface area contributed by atoms with Gasteiger partial charge in [0.25, 0.3) is 0 Å². The molecule has 1 fully saturated rings. The molecular formula is C15H17NO3. The van der Waals surface area contributed by atoms with E-state index in [0.717, 1.165) is 32.3 Å². The molecule has 4 nitrogen and oxygen atoms in total. The second-order valence-electron chi connectivity index (χ2n) is 4.60. The second kappa shape index (κ2) is 6.91. The molecular weight excluding hydrogens is 242 g/mol. The van der Waals surface area contributed by atoms with E-state index < -0.39 is 0 Å². The minimum absolute atomic E-state index is 0.336. The first-order chi connectivity index (χ1) is 9.29. The molecule has 0 amide bonds. The Morgan fingerprint density at radius 2 is 2.21 bits per heavy atom. The van der Waals surface area contributed by atoms with Gasteiger partial charge in [0.15, 0.2) is 0 Å². The maximum atomic E-state index is 11.7. The van der Waals surface area contributed by atoms with Gasteiger partial charge in [-0.2, -0.15) is 5.26 Å². The molecule has 1 aliphatic rings. The number of nitriles is 1. The molecule has 1 aromatic rings. The van der Waals surface area contributed by atoms with Gasteiger partial charge in [0.05, 0.1) is 29.9 Å². The SMILES string of the molecule is N#Cc1ccc(C(=O)OCCC[C@@H]2CCCO2)cc1. The van der Waals surface area contributed by atoms with E-state index in [-0.39, 0.29) is 5.97 Å². The minimum Gasteiger partial charge on any atom is -0.462 e. The van der Waals surface area contributed by atoms with Crippen LogP contribution < -0.4 is 0 Å². The number of ether oxygens (including phenoxy) is 2. The van der Waals surface area contributed by atoms with Crippen molar-refractivity contribution in [3.05, 3.63) is 35.4 Å². The number of carbonyl (C=O) groups excluding carboxylic acids is 1. The predicted octanol–water partition coefficient (Wildman–Crippen LogP) is 2.67. The van der Waals surface area contributed by atoms with Crippen molar-refractivity contribution in [1.82, 2.24) is 0 Å². The molecule has 1 heterocycles. The van der Waals surface area contributed by atoms with Crippen LogP contribution in [0.15, 0.2) is 24.3 Å². The highest BCUT2D eigenvalue weighted by atomic mass is 16.5. The van der Waals surface area contributed by atoms with Crippen LogP contribution in [0.4, 0.5) is 0 Å². The lowest BCUT2D eigenvalue weighted by Gasteiger charge is -2.09. The first kappa shape index (κ1) is 13.6. The van der Waals surface area contributed by atoms with Gasteiger partial charge in [-0.3, -0.25) is 0 Å². The smallest absolute Gasteiger partial charge is 0.338 e. The average molecular weight is 259 g/mol. The van der Waals surface area contributed by atoms with E-state index in [1.165, 1.54) is 0 Å². The molecule has 1 atom stereocenters. The van der Waals surface area contributed by atoms with Gasteiger partial charge in [-0.15, -0.1) is 0 Å².